The molecule has 0 spiro atoms. The lowest BCUT2D eigenvalue weighted by Gasteiger charge is -2.22. The minimum Gasteiger partial charge on any atom is -0.399 e. The number of fused-ring (bicyclic) bond motifs is 1. The van der Waals surface area contributed by atoms with Gasteiger partial charge in [-0.05, 0) is 80.6 Å². The highest BCUT2D eigenvalue weighted by Crippen LogP contribution is 2.46. The SMILES string of the molecule is C=C1/C=C\C=C/Cc2cccc3c2/C(=C\1)CC1\C=C/C=C\C=C\C3=C(\c2ccccc2)c2ccc(N)cc21. The van der Waals surface area contributed by atoms with Crippen LogP contribution in [-0.4, -0.2) is 0 Å². The molecule has 3 aromatic carbocycles. The van der Waals surface area contributed by atoms with Gasteiger partial charge in [-0.3, -0.25) is 0 Å². The third-order valence-corrected chi connectivity index (χ3v) is 7.47. The second kappa shape index (κ2) is 10.4. The molecule has 3 aromatic rings. The van der Waals surface area contributed by atoms with E-state index in [1.165, 1.54) is 50.1 Å². The molecule has 1 nitrogen and oxygen atoms in total. The number of hydrogen-bond donors (Lipinski definition) is 1. The predicted octanol–water partition coefficient (Wildman–Crippen LogP) is 9.01. The number of rotatable bonds is 1. The van der Waals surface area contributed by atoms with Crippen molar-refractivity contribution >= 4 is 22.4 Å². The van der Waals surface area contributed by atoms with Crippen LogP contribution in [0.5, 0.6) is 0 Å². The first-order chi connectivity index (χ1) is 18.7. The molecular formula is C37H31N. The van der Waals surface area contributed by atoms with E-state index in [-0.39, 0.29) is 5.92 Å². The molecule has 1 unspecified atom stereocenters. The van der Waals surface area contributed by atoms with E-state index >= 15 is 0 Å². The largest absolute Gasteiger partial charge is 0.399 e. The van der Waals surface area contributed by atoms with Crippen molar-refractivity contribution in [1.29, 1.82) is 0 Å². The van der Waals surface area contributed by atoms with Crippen LogP contribution in [0.2, 0.25) is 0 Å². The molecule has 38 heavy (non-hydrogen) atoms. The Balaban J connectivity index is 1.82. The Morgan fingerprint density at radius 1 is 0.763 bits per heavy atom. The van der Waals surface area contributed by atoms with Crippen LogP contribution in [0.25, 0.3) is 16.7 Å². The van der Waals surface area contributed by atoms with Crippen molar-refractivity contribution in [2.24, 2.45) is 0 Å². The average Bonchev–Trinajstić information content (AvgIpc) is 2.94. The van der Waals surface area contributed by atoms with Gasteiger partial charge in [-0.1, -0.05) is 128 Å². The molecule has 0 saturated carbocycles. The van der Waals surface area contributed by atoms with E-state index < -0.39 is 0 Å². The summed E-state index contributed by atoms with van der Waals surface area (Å²) in [6.45, 7) is 4.38. The molecule has 1 heteroatoms. The standard InChI is InChI=1S/C37H31N/c1-26-13-6-4-8-14-27-18-12-20-32-33-19-11-3-2-7-17-29(24-30(23-26)36(27)32)35-25-31(38)21-22-34(35)37(33)28-15-9-5-10-16-28/h2-13,15-23,25,29H,1,14,24,38H2/b3-2-,8-4-,13-6-,17-7-,19-11+,30-23-,37-33+. The Morgan fingerprint density at radius 2 is 1.61 bits per heavy atom. The van der Waals surface area contributed by atoms with E-state index in [2.05, 4.69) is 134 Å². The third kappa shape index (κ3) is 4.60. The van der Waals surface area contributed by atoms with Crippen molar-refractivity contribution < 1.29 is 0 Å². The molecule has 2 N–H and O–H groups in total. The van der Waals surface area contributed by atoms with E-state index in [1.54, 1.807) is 0 Å². The van der Waals surface area contributed by atoms with Crippen LogP contribution >= 0.6 is 0 Å². The fourth-order valence-electron chi connectivity index (χ4n) is 5.81. The van der Waals surface area contributed by atoms with Gasteiger partial charge in [-0.25, -0.2) is 0 Å². The Bertz CT molecular complexity index is 1620. The first-order valence-electron chi connectivity index (χ1n) is 13.3. The molecule has 0 heterocycles. The van der Waals surface area contributed by atoms with Gasteiger partial charge >= 0.3 is 0 Å². The van der Waals surface area contributed by atoms with Crippen LogP contribution in [0.1, 0.15) is 45.7 Å². The van der Waals surface area contributed by atoms with Gasteiger partial charge in [-0.15, -0.1) is 0 Å². The van der Waals surface area contributed by atoms with Gasteiger partial charge < -0.3 is 5.73 Å². The quantitative estimate of drug-likeness (QED) is 0.339. The smallest absolute Gasteiger partial charge is 0.0317 e. The Morgan fingerprint density at radius 3 is 2.50 bits per heavy atom. The first-order valence-corrected chi connectivity index (χ1v) is 13.3. The molecule has 0 fully saturated rings. The summed E-state index contributed by atoms with van der Waals surface area (Å²) in [4.78, 5) is 0. The van der Waals surface area contributed by atoms with Gasteiger partial charge in [-0.2, -0.15) is 0 Å². The molecule has 1 atom stereocenters. The minimum absolute atomic E-state index is 0.136. The van der Waals surface area contributed by atoms with Gasteiger partial charge in [0, 0.05) is 11.6 Å². The Kier molecular flexibility index (Phi) is 6.50. The molecule has 6 rings (SSSR count). The Hall–Kier alpha value is -4.62. The molecule has 0 saturated heterocycles. The normalized spacial score (nSPS) is 25.7. The number of nitrogen functional groups attached to an aromatic ring is 1. The minimum atomic E-state index is 0.136. The number of anilines is 1. The summed E-state index contributed by atoms with van der Waals surface area (Å²) < 4.78 is 0. The highest BCUT2D eigenvalue weighted by Gasteiger charge is 2.27. The summed E-state index contributed by atoms with van der Waals surface area (Å²) in [6.07, 6.45) is 25.7. The van der Waals surface area contributed by atoms with Gasteiger partial charge in [0.1, 0.15) is 0 Å². The third-order valence-electron chi connectivity index (χ3n) is 7.47. The Labute approximate surface area is 225 Å². The second-order valence-electron chi connectivity index (χ2n) is 10.0. The molecule has 0 aliphatic heterocycles. The van der Waals surface area contributed by atoms with Crippen molar-refractivity contribution in [2.45, 2.75) is 18.8 Å². The van der Waals surface area contributed by atoms with E-state index in [0.29, 0.717) is 0 Å². The molecule has 0 aromatic heterocycles. The molecule has 2 bridgehead atoms. The maximum Gasteiger partial charge on any atom is 0.0317 e. The molecule has 0 radical (unpaired) electrons. The monoisotopic (exact) mass is 489 g/mol. The summed E-state index contributed by atoms with van der Waals surface area (Å²) in [5, 5.41) is 0. The number of nitrogens with two attached hydrogens (primary N) is 1. The fourth-order valence-corrected chi connectivity index (χ4v) is 5.81. The van der Waals surface area contributed by atoms with E-state index in [1.807, 2.05) is 6.07 Å². The van der Waals surface area contributed by atoms with Crippen molar-refractivity contribution in [1.82, 2.24) is 0 Å². The summed E-state index contributed by atoms with van der Waals surface area (Å²) in [5.41, 5.74) is 19.5. The van der Waals surface area contributed by atoms with Crippen LogP contribution in [0.15, 0.2) is 146 Å². The molecular weight excluding hydrogens is 458 g/mol. The van der Waals surface area contributed by atoms with Gasteiger partial charge in [0.15, 0.2) is 0 Å². The first kappa shape index (κ1) is 23.8. The summed E-state index contributed by atoms with van der Waals surface area (Å²) in [6, 6.07) is 23.9. The van der Waals surface area contributed by atoms with E-state index in [9.17, 15) is 0 Å². The zero-order chi connectivity index (χ0) is 25.9. The van der Waals surface area contributed by atoms with Crippen LogP contribution in [0.3, 0.4) is 0 Å². The number of hydrogen-bond acceptors (Lipinski definition) is 1. The number of benzene rings is 3. The van der Waals surface area contributed by atoms with Crippen molar-refractivity contribution in [3.05, 3.63) is 179 Å². The van der Waals surface area contributed by atoms with Crippen LogP contribution in [-0.2, 0) is 6.42 Å². The summed E-state index contributed by atoms with van der Waals surface area (Å²) in [7, 11) is 0. The van der Waals surface area contributed by atoms with Crippen LogP contribution in [0.4, 0.5) is 5.69 Å². The molecule has 3 aliphatic rings. The predicted molar refractivity (Wildman–Crippen MR) is 164 cm³/mol. The lowest BCUT2D eigenvalue weighted by atomic mass is 9.82. The molecule has 3 aliphatic carbocycles. The summed E-state index contributed by atoms with van der Waals surface area (Å²) in [5.74, 6) is 0.136. The highest BCUT2D eigenvalue weighted by molar-refractivity contribution is 6.06. The van der Waals surface area contributed by atoms with Crippen molar-refractivity contribution in [2.75, 3.05) is 5.73 Å². The van der Waals surface area contributed by atoms with Crippen LogP contribution < -0.4 is 5.73 Å². The number of allylic oxidation sites excluding steroid dienone is 14. The fraction of sp³-hybridized carbons (Fsp3) is 0.0811. The zero-order valence-electron chi connectivity index (χ0n) is 21.5. The maximum absolute atomic E-state index is 6.44. The lowest BCUT2D eigenvalue weighted by Crippen LogP contribution is -2.04. The second-order valence-corrected chi connectivity index (χ2v) is 10.0. The van der Waals surface area contributed by atoms with Gasteiger partial charge in [0.2, 0.25) is 0 Å². The topological polar surface area (TPSA) is 26.0 Å². The highest BCUT2D eigenvalue weighted by atomic mass is 14.5. The zero-order valence-corrected chi connectivity index (χ0v) is 21.5. The molecule has 184 valence electrons. The average molecular weight is 490 g/mol. The summed E-state index contributed by atoms with van der Waals surface area (Å²) >= 11 is 0. The lowest BCUT2D eigenvalue weighted by molar-refractivity contribution is 0.872. The maximum atomic E-state index is 6.44. The van der Waals surface area contributed by atoms with Crippen LogP contribution in [0, 0.1) is 0 Å². The van der Waals surface area contributed by atoms with Crippen molar-refractivity contribution in [3.63, 3.8) is 0 Å². The van der Waals surface area contributed by atoms with E-state index in [0.717, 1.165) is 24.1 Å². The van der Waals surface area contributed by atoms with Crippen molar-refractivity contribution in [3.8, 4) is 0 Å². The van der Waals surface area contributed by atoms with Gasteiger partial charge in [0.05, 0.1) is 0 Å². The molecule has 0 amide bonds. The van der Waals surface area contributed by atoms with Gasteiger partial charge in [0.25, 0.3) is 0 Å². The van der Waals surface area contributed by atoms with E-state index in [4.69, 9.17) is 5.73 Å².